The molecule has 0 aromatic heterocycles. The molecule has 0 bridgehead atoms. The summed E-state index contributed by atoms with van der Waals surface area (Å²) in [6.07, 6.45) is 0.424. The first-order valence-electron chi connectivity index (χ1n) is 18.3. The van der Waals surface area contributed by atoms with Crippen molar-refractivity contribution in [2.45, 2.75) is 110 Å². The first-order chi connectivity index (χ1) is 25.6. The monoisotopic (exact) mass is 768 g/mol. The number of benzene rings is 2. The van der Waals surface area contributed by atoms with Crippen molar-refractivity contribution >= 4 is 54.8 Å². The maximum Gasteiger partial charge on any atom is 0.497 e. The Bertz CT molecular complexity index is 1810. The van der Waals surface area contributed by atoms with Crippen molar-refractivity contribution < 1.29 is 56.2 Å². The second kappa shape index (κ2) is 16.0. The molecule has 0 saturated carbocycles. The van der Waals surface area contributed by atoms with Gasteiger partial charge in [-0.1, -0.05) is 12.1 Å². The first-order valence-corrected chi connectivity index (χ1v) is 18.3. The Morgan fingerprint density at radius 3 is 1.71 bits per heavy atom. The van der Waals surface area contributed by atoms with Crippen LogP contribution in [0.1, 0.15) is 102 Å². The summed E-state index contributed by atoms with van der Waals surface area (Å²) < 4.78 is 54.3. The second-order valence-corrected chi connectivity index (χ2v) is 15.8. The standard InChI is InChI=1S/C37H48B2F2N4O10/c1-34(2)35(3,4)53-38(52-34)24-13-11-22(20-26(24)40)31(48)42-17-15-28(33(50)43-18-16-30(47)51-45-19-9-10-29(45)46)44-32(49)23-12-14-25(27(41)21-23)39-54-36(5,6)37(7,8)55-39/h11-14,20-21,28H,9-10,15-19H2,1-8H3,(H,42,48)(H,43,50)(H,44,49)/t28-/m1/s1. The molecule has 3 aliphatic heterocycles. The summed E-state index contributed by atoms with van der Waals surface area (Å²) in [5.41, 5.74) is -2.70. The van der Waals surface area contributed by atoms with E-state index in [0.29, 0.717) is 6.42 Å². The highest BCUT2D eigenvalue weighted by Gasteiger charge is 2.53. The summed E-state index contributed by atoms with van der Waals surface area (Å²) in [4.78, 5) is 68.8. The van der Waals surface area contributed by atoms with Crippen LogP contribution in [0.3, 0.4) is 0 Å². The molecule has 0 radical (unpaired) electrons. The number of nitrogens with zero attached hydrogens (tertiary/aromatic N) is 1. The van der Waals surface area contributed by atoms with Gasteiger partial charge in [-0.05, 0) is 92.5 Å². The van der Waals surface area contributed by atoms with Crippen molar-refractivity contribution in [2.75, 3.05) is 19.6 Å². The van der Waals surface area contributed by atoms with Crippen LogP contribution in [0, 0.1) is 11.6 Å². The normalized spacial score (nSPS) is 20.0. The minimum Gasteiger partial charge on any atom is -0.399 e. The van der Waals surface area contributed by atoms with E-state index in [2.05, 4.69) is 16.0 Å². The minimum absolute atomic E-state index is 0.00429. The van der Waals surface area contributed by atoms with Gasteiger partial charge in [-0.2, -0.15) is 5.06 Å². The predicted molar refractivity (Wildman–Crippen MR) is 197 cm³/mol. The predicted octanol–water partition coefficient (Wildman–Crippen LogP) is 2.07. The molecule has 5 rings (SSSR count). The molecule has 3 N–H and O–H groups in total. The quantitative estimate of drug-likeness (QED) is 0.257. The molecule has 3 heterocycles. The SMILES string of the molecule is CC1(C)OB(c2ccc(C(=O)NCC[C@@H](NC(=O)c3ccc(B4OC(C)(C)C(C)(C)O4)c(F)c3)C(=O)NCCC(=O)ON3CCCC3=O)cc2F)OC1(C)C. The topological polar surface area (TPSA) is 171 Å². The van der Waals surface area contributed by atoms with Gasteiger partial charge in [-0.25, -0.2) is 13.6 Å². The molecular formula is C37H48B2F2N4O10. The Hall–Kier alpha value is -4.38. The summed E-state index contributed by atoms with van der Waals surface area (Å²) >= 11 is 0. The van der Waals surface area contributed by atoms with Gasteiger partial charge < -0.3 is 39.4 Å². The number of carbonyl (C=O) groups excluding carboxylic acids is 5. The van der Waals surface area contributed by atoms with Gasteiger partial charge in [0.25, 0.3) is 17.7 Å². The van der Waals surface area contributed by atoms with Crippen LogP contribution in [0.15, 0.2) is 36.4 Å². The Balaban J connectivity index is 1.22. The third kappa shape index (κ3) is 9.36. The van der Waals surface area contributed by atoms with Crippen LogP contribution in [-0.4, -0.2) is 97.0 Å². The minimum atomic E-state index is -1.27. The number of hydrogen-bond acceptors (Lipinski definition) is 10. The highest BCUT2D eigenvalue weighted by atomic mass is 19.1. The van der Waals surface area contributed by atoms with E-state index in [-0.39, 0.29) is 66.9 Å². The maximum atomic E-state index is 15.4. The zero-order chi connectivity index (χ0) is 40.5. The van der Waals surface area contributed by atoms with E-state index in [1.807, 2.05) is 55.4 Å². The molecule has 3 fully saturated rings. The molecule has 296 valence electrons. The lowest BCUT2D eigenvalue weighted by molar-refractivity contribution is -0.192. The number of amides is 4. The van der Waals surface area contributed by atoms with Gasteiger partial charge >= 0.3 is 20.2 Å². The third-order valence-corrected chi connectivity index (χ3v) is 10.8. The summed E-state index contributed by atoms with van der Waals surface area (Å²) in [5.74, 6) is -4.67. The molecule has 1 atom stereocenters. The lowest BCUT2D eigenvalue weighted by Gasteiger charge is -2.32. The van der Waals surface area contributed by atoms with Crippen LogP contribution in [0.2, 0.25) is 0 Å². The van der Waals surface area contributed by atoms with Crippen LogP contribution < -0.4 is 26.9 Å². The van der Waals surface area contributed by atoms with Crippen molar-refractivity contribution in [3.8, 4) is 0 Å². The smallest absolute Gasteiger partial charge is 0.399 e. The Kier molecular flexibility index (Phi) is 12.2. The average molecular weight is 768 g/mol. The fraction of sp³-hybridized carbons (Fsp3) is 0.541. The van der Waals surface area contributed by atoms with Gasteiger partial charge in [0.15, 0.2) is 0 Å². The van der Waals surface area contributed by atoms with Gasteiger partial charge in [-0.15, -0.1) is 0 Å². The zero-order valence-electron chi connectivity index (χ0n) is 32.4. The summed E-state index contributed by atoms with van der Waals surface area (Å²) in [6, 6.07) is 6.36. The molecule has 3 saturated heterocycles. The summed E-state index contributed by atoms with van der Waals surface area (Å²) in [5, 5.41) is 8.71. The summed E-state index contributed by atoms with van der Waals surface area (Å²) in [7, 11) is -1.98. The van der Waals surface area contributed by atoms with E-state index in [1.165, 1.54) is 24.3 Å². The molecule has 2 aromatic carbocycles. The lowest BCUT2D eigenvalue weighted by atomic mass is 9.78. The second-order valence-electron chi connectivity index (χ2n) is 15.8. The van der Waals surface area contributed by atoms with Gasteiger partial charge in [-0.3, -0.25) is 19.2 Å². The average Bonchev–Trinajstić information content (AvgIpc) is 3.66. The fourth-order valence-electron chi connectivity index (χ4n) is 5.90. The summed E-state index contributed by atoms with van der Waals surface area (Å²) in [6.45, 7) is 14.6. The van der Waals surface area contributed by atoms with Crippen molar-refractivity contribution in [2.24, 2.45) is 0 Å². The van der Waals surface area contributed by atoms with Crippen LogP contribution in [-0.2, 0) is 37.8 Å². The molecule has 0 spiro atoms. The fourth-order valence-corrected chi connectivity index (χ4v) is 5.90. The van der Waals surface area contributed by atoms with E-state index < -0.39 is 78.0 Å². The molecule has 55 heavy (non-hydrogen) atoms. The molecule has 18 heteroatoms. The van der Waals surface area contributed by atoms with Gasteiger partial charge in [0, 0.05) is 41.6 Å². The number of halogens is 2. The molecular weight excluding hydrogens is 720 g/mol. The molecule has 3 aliphatic rings. The first kappa shape index (κ1) is 41.8. The van der Waals surface area contributed by atoms with E-state index in [1.54, 1.807) is 0 Å². The van der Waals surface area contributed by atoms with Crippen molar-refractivity contribution in [3.63, 3.8) is 0 Å². The Labute approximate surface area is 319 Å². The molecule has 0 aliphatic carbocycles. The maximum absolute atomic E-state index is 15.4. The van der Waals surface area contributed by atoms with E-state index >= 15 is 8.78 Å². The van der Waals surface area contributed by atoms with Crippen LogP contribution >= 0.6 is 0 Å². The number of nitrogens with one attached hydrogen (secondary N) is 3. The highest BCUT2D eigenvalue weighted by Crippen LogP contribution is 2.37. The van der Waals surface area contributed by atoms with Crippen molar-refractivity contribution in [1.82, 2.24) is 21.0 Å². The number of hydrogen-bond donors (Lipinski definition) is 3. The lowest BCUT2D eigenvalue weighted by Crippen LogP contribution is -2.49. The third-order valence-electron chi connectivity index (χ3n) is 10.8. The van der Waals surface area contributed by atoms with Crippen LogP contribution in [0.5, 0.6) is 0 Å². The van der Waals surface area contributed by atoms with E-state index in [9.17, 15) is 24.0 Å². The molecule has 0 unspecified atom stereocenters. The molecule has 4 amide bonds. The van der Waals surface area contributed by atoms with E-state index in [0.717, 1.165) is 17.2 Å². The van der Waals surface area contributed by atoms with Crippen molar-refractivity contribution in [1.29, 1.82) is 0 Å². The number of hydroxylamine groups is 2. The number of rotatable bonds is 13. The highest BCUT2D eigenvalue weighted by molar-refractivity contribution is 6.62. The zero-order valence-corrected chi connectivity index (χ0v) is 32.4. The molecule has 14 nitrogen and oxygen atoms in total. The van der Waals surface area contributed by atoms with Gasteiger partial charge in [0.2, 0.25) is 5.91 Å². The number of carbonyl (C=O) groups is 5. The molecule has 2 aromatic rings. The van der Waals surface area contributed by atoms with Crippen LogP contribution in [0.25, 0.3) is 0 Å². The Morgan fingerprint density at radius 2 is 1.25 bits per heavy atom. The van der Waals surface area contributed by atoms with Crippen LogP contribution in [0.4, 0.5) is 8.78 Å². The van der Waals surface area contributed by atoms with Gasteiger partial charge in [0.1, 0.15) is 17.7 Å². The largest absolute Gasteiger partial charge is 0.497 e. The Morgan fingerprint density at radius 1 is 0.764 bits per heavy atom. The van der Waals surface area contributed by atoms with Gasteiger partial charge in [0.05, 0.1) is 35.4 Å². The van der Waals surface area contributed by atoms with E-state index in [4.69, 9.17) is 23.5 Å². The van der Waals surface area contributed by atoms with Crippen molar-refractivity contribution in [3.05, 3.63) is 59.2 Å².